The Morgan fingerprint density at radius 1 is 1.38 bits per heavy atom. The van der Waals surface area contributed by atoms with Gasteiger partial charge in [-0.1, -0.05) is 0 Å². The highest BCUT2D eigenvalue weighted by atomic mass is 16.5. The number of hydrogen-bond donors (Lipinski definition) is 1. The number of nitrogens with zero attached hydrogens (tertiary/aromatic N) is 2. The van der Waals surface area contributed by atoms with Crippen molar-refractivity contribution in [2.45, 2.75) is 13.3 Å². The molecular weight excluding hydrogens is 280 g/mol. The summed E-state index contributed by atoms with van der Waals surface area (Å²) in [5, 5.41) is 8.96. The monoisotopic (exact) mass is 302 g/mol. The highest BCUT2D eigenvalue weighted by Gasteiger charge is 2.33. The summed E-state index contributed by atoms with van der Waals surface area (Å²) >= 11 is 0. The summed E-state index contributed by atoms with van der Waals surface area (Å²) < 4.78 is 9.77. The van der Waals surface area contributed by atoms with Crippen LogP contribution in [0.4, 0.5) is 4.79 Å². The Kier molecular flexibility index (Phi) is 6.93. The number of amides is 2. The lowest BCUT2D eigenvalue weighted by atomic mass is 10.1. The Morgan fingerprint density at radius 2 is 2.10 bits per heavy atom. The van der Waals surface area contributed by atoms with E-state index in [1.54, 1.807) is 6.92 Å². The van der Waals surface area contributed by atoms with Gasteiger partial charge in [-0.3, -0.25) is 9.59 Å². The second-order valence-corrected chi connectivity index (χ2v) is 4.77. The molecule has 8 heteroatoms. The summed E-state index contributed by atoms with van der Waals surface area (Å²) in [5.41, 5.74) is 0. The lowest BCUT2D eigenvalue weighted by molar-refractivity contribution is -0.144. The predicted octanol–water partition coefficient (Wildman–Crippen LogP) is 0.0244. The van der Waals surface area contributed by atoms with E-state index in [2.05, 4.69) is 0 Å². The molecule has 1 fully saturated rings. The molecule has 1 atom stereocenters. The minimum atomic E-state index is -0.904. The topological polar surface area (TPSA) is 96.4 Å². The minimum absolute atomic E-state index is 0.162. The van der Waals surface area contributed by atoms with Crippen molar-refractivity contribution in [3.05, 3.63) is 0 Å². The van der Waals surface area contributed by atoms with Gasteiger partial charge in [-0.15, -0.1) is 0 Å². The number of urea groups is 1. The van der Waals surface area contributed by atoms with E-state index in [-0.39, 0.29) is 32.3 Å². The van der Waals surface area contributed by atoms with Crippen LogP contribution in [0.5, 0.6) is 0 Å². The van der Waals surface area contributed by atoms with Gasteiger partial charge in [0, 0.05) is 26.7 Å². The second-order valence-electron chi connectivity index (χ2n) is 4.77. The van der Waals surface area contributed by atoms with Gasteiger partial charge in [0.25, 0.3) is 0 Å². The molecule has 0 spiro atoms. The van der Waals surface area contributed by atoms with Crippen molar-refractivity contribution in [3.63, 3.8) is 0 Å². The molecule has 0 saturated carbocycles. The summed E-state index contributed by atoms with van der Waals surface area (Å²) in [6.07, 6.45) is 0.429. The quantitative estimate of drug-likeness (QED) is 0.666. The molecule has 1 rings (SSSR count). The van der Waals surface area contributed by atoms with Crippen LogP contribution in [0.15, 0.2) is 0 Å². The van der Waals surface area contributed by atoms with Crippen LogP contribution >= 0.6 is 0 Å². The maximum Gasteiger partial charge on any atom is 0.325 e. The number of carboxylic acids is 1. The first kappa shape index (κ1) is 17.2. The number of carboxylic acid groups (broad SMARTS) is 1. The third kappa shape index (κ3) is 5.22. The summed E-state index contributed by atoms with van der Waals surface area (Å²) in [7, 11) is 1.50. The lowest BCUT2D eigenvalue weighted by Gasteiger charge is -2.27. The van der Waals surface area contributed by atoms with E-state index in [1.165, 1.54) is 16.9 Å². The third-order valence-electron chi connectivity index (χ3n) is 3.27. The zero-order valence-corrected chi connectivity index (χ0v) is 12.4. The van der Waals surface area contributed by atoms with E-state index in [0.29, 0.717) is 19.6 Å². The van der Waals surface area contributed by atoms with Crippen molar-refractivity contribution >= 4 is 18.0 Å². The molecule has 0 radical (unpaired) electrons. The molecule has 0 aromatic carbocycles. The smallest absolute Gasteiger partial charge is 0.325 e. The van der Waals surface area contributed by atoms with Crippen molar-refractivity contribution in [3.8, 4) is 0 Å². The average molecular weight is 302 g/mol. The van der Waals surface area contributed by atoms with E-state index in [9.17, 15) is 14.4 Å². The molecule has 0 bridgehead atoms. The maximum atomic E-state index is 12.4. The number of carbonyl (C=O) groups is 3. The van der Waals surface area contributed by atoms with Gasteiger partial charge in [0.15, 0.2) is 0 Å². The Balaban J connectivity index is 2.62. The van der Waals surface area contributed by atoms with Gasteiger partial charge < -0.3 is 24.4 Å². The normalized spacial score (nSPS) is 17.6. The number of carbonyl (C=O) groups excluding carboxylic acids is 2. The molecule has 0 aromatic rings. The van der Waals surface area contributed by atoms with Crippen molar-refractivity contribution in [1.29, 1.82) is 0 Å². The minimum Gasteiger partial charge on any atom is -0.481 e. The van der Waals surface area contributed by atoms with Gasteiger partial charge in [-0.25, -0.2) is 4.79 Å². The van der Waals surface area contributed by atoms with E-state index in [0.717, 1.165) is 0 Å². The standard InChI is InChI=1S/C13H22N2O6/c1-3-21-11(16)9-15(6-7-20-2)13(19)14-5-4-10(8-14)12(17)18/h10H,3-9H2,1-2H3,(H,17,18). The number of rotatable bonds is 7. The fourth-order valence-electron chi connectivity index (χ4n) is 2.14. The number of esters is 1. The molecule has 1 aliphatic rings. The lowest BCUT2D eigenvalue weighted by Crippen LogP contribution is -2.46. The summed E-state index contributed by atoms with van der Waals surface area (Å²) in [6, 6.07) is -0.358. The largest absolute Gasteiger partial charge is 0.481 e. The van der Waals surface area contributed by atoms with Gasteiger partial charge >= 0.3 is 18.0 Å². The Hall–Kier alpha value is -1.83. The van der Waals surface area contributed by atoms with Crippen LogP contribution < -0.4 is 0 Å². The number of methoxy groups -OCH3 is 1. The van der Waals surface area contributed by atoms with Crippen LogP contribution in [0.25, 0.3) is 0 Å². The number of ether oxygens (including phenoxy) is 2. The van der Waals surface area contributed by atoms with Crippen molar-refractivity contribution < 1.29 is 29.0 Å². The SMILES string of the molecule is CCOC(=O)CN(CCOC)C(=O)N1CCC(C(=O)O)C1. The van der Waals surface area contributed by atoms with Crippen LogP contribution in [-0.2, 0) is 19.1 Å². The van der Waals surface area contributed by atoms with Crippen LogP contribution in [0.3, 0.4) is 0 Å². The Labute approximate surface area is 123 Å². The number of hydrogen-bond acceptors (Lipinski definition) is 5. The molecule has 2 amide bonds. The third-order valence-corrected chi connectivity index (χ3v) is 3.27. The number of aliphatic carboxylic acids is 1. The maximum absolute atomic E-state index is 12.4. The molecule has 1 N–H and O–H groups in total. The first-order valence-electron chi connectivity index (χ1n) is 6.90. The van der Waals surface area contributed by atoms with E-state index in [4.69, 9.17) is 14.6 Å². The van der Waals surface area contributed by atoms with Gasteiger partial charge in [-0.05, 0) is 13.3 Å². The van der Waals surface area contributed by atoms with Crippen LogP contribution in [0.2, 0.25) is 0 Å². The molecule has 1 saturated heterocycles. The fraction of sp³-hybridized carbons (Fsp3) is 0.769. The molecule has 0 aromatic heterocycles. The molecule has 1 aliphatic heterocycles. The summed E-state index contributed by atoms with van der Waals surface area (Å²) in [5.74, 6) is -1.93. The Morgan fingerprint density at radius 3 is 2.62 bits per heavy atom. The first-order valence-corrected chi connectivity index (χ1v) is 6.90. The van der Waals surface area contributed by atoms with Gasteiger partial charge in [0.05, 0.1) is 19.1 Å². The van der Waals surface area contributed by atoms with Gasteiger partial charge in [-0.2, -0.15) is 0 Å². The van der Waals surface area contributed by atoms with Crippen molar-refractivity contribution in [1.82, 2.24) is 9.80 Å². The zero-order chi connectivity index (χ0) is 15.8. The highest BCUT2D eigenvalue weighted by Crippen LogP contribution is 2.18. The Bertz CT molecular complexity index is 387. The molecule has 0 aliphatic carbocycles. The van der Waals surface area contributed by atoms with Crippen LogP contribution in [0.1, 0.15) is 13.3 Å². The van der Waals surface area contributed by atoms with Crippen LogP contribution in [0, 0.1) is 5.92 Å². The van der Waals surface area contributed by atoms with Gasteiger partial charge in [0.1, 0.15) is 6.54 Å². The van der Waals surface area contributed by atoms with E-state index >= 15 is 0 Å². The fourth-order valence-corrected chi connectivity index (χ4v) is 2.14. The summed E-state index contributed by atoms with van der Waals surface area (Å²) in [4.78, 5) is 37.6. The van der Waals surface area contributed by atoms with E-state index in [1.807, 2.05) is 0 Å². The molecular formula is C13H22N2O6. The number of likely N-dealkylation sites (tertiary alicyclic amines) is 1. The molecule has 8 nitrogen and oxygen atoms in total. The van der Waals surface area contributed by atoms with Crippen molar-refractivity contribution in [2.24, 2.45) is 5.92 Å². The molecule has 21 heavy (non-hydrogen) atoms. The van der Waals surface area contributed by atoms with Crippen LogP contribution in [-0.4, -0.2) is 79.4 Å². The summed E-state index contributed by atoms with van der Waals surface area (Å²) in [6.45, 7) is 2.86. The highest BCUT2D eigenvalue weighted by molar-refractivity contribution is 5.82. The predicted molar refractivity (Wildman–Crippen MR) is 72.8 cm³/mol. The van der Waals surface area contributed by atoms with Crippen molar-refractivity contribution in [2.75, 3.05) is 46.5 Å². The molecule has 1 unspecified atom stereocenters. The molecule has 1 heterocycles. The van der Waals surface area contributed by atoms with E-state index < -0.39 is 17.9 Å². The first-order chi connectivity index (χ1) is 9.99. The second kappa shape index (κ2) is 8.46. The van der Waals surface area contributed by atoms with Gasteiger partial charge in [0.2, 0.25) is 0 Å². The average Bonchev–Trinajstić information content (AvgIpc) is 2.93. The molecule has 120 valence electrons. The zero-order valence-electron chi connectivity index (χ0n) is 12.4.